The summed E-state index contributed by atoms with van der Waals surface area (Å²) in [4.78, 5) is 31.2. The van der Waals surface area contributed by atoms with E-state index in [9.17, 15) is 4.79 Å². The number of carboxylic acids is 1. The first kappa shape index (κ1) is 30.8. The second-order valence-electron chi connectivity index (χ2n) is 13.3. The van der Waals surface area contributed by atoms with Crippen LogP contribution in [0, 0.1) is 5.41 Å². The van der Waals surface area contributed by atoms with Gasteiger partial charge in [-0.2, -0.15) is 0 Å². The number of nitrogens with zero attached hydrogens (tertiary/aromatic N) is 6. The summed E-state index contributed by atoms with van der Waals surface area (Å²) in [5.74, 6) is 1.51. The molecule has 2 saturated heterocycles. The van der Waals surface area contributed by atoms with Gasteiger partial charge in [-0.3, -0.25) is 4.90 Å². The predicted molar refractivity (Wildman–Crippen MR) is 169 cm³/mol. The maximum atomic E-state index is 10.9. The lowest BCUT2D eigenvalue weighted by atomic mass is 9.77. The second-order valence-corrected chi connectivity index (χ2v) is 13.3. The van der Waals surface area contributed by atoms with Crippen LogP contribution in [0.3, 0.4) is 0 Å². The van der Waals surface area contributed by atoms with Crippen molar-refractivity contribution >= 4 is 5.97 Å². The standard InChI is InChI=1S/C34H49N7O3/c42-33(43)26-44-30-9-4-6-28(22-30)23-39(24-31-35-13-14-36-31)25-32-37-15-21-41(32)17-5-16-38-18-10-34(27-38)11-19-40(20-12-34)29-7-2-1-3-8-29/h4,6,9,13-15,21-22,29H,1-3,5,7-8,10-12,16-20,23-27H2,(H,35,36)(H,42,43). The van der Waals surface area contributed by atoms with Crippen molar-refractivity contribution in [3.8, 4) is 5.75 Å². The Morgan fingerprint density at radius 1 is 1.02 bits per heavy atom. The second kappa shape index (κ2) is 14.7. The van der Waals surface area contributed by atoms with Crippen molar-refractivity contribution in [3.63, 3.8) is 0 Å². The highest BCUT2D eigenvalue weighted by Gasteiger charge is 2.41. The van der Waals surface area contributed by atoms with Crippen LogP contribution in [-0.4, -0.2) is 90.7 Å². The molecule has 10 heteroatoms. The SMILES string of the molecule is O=C(O)COc1cccc(CN(Cc2ncc[nH]2)Cc2nccn2CCCN2CCC3(CCN(C4CCCCC4)CC3)C2)c1. The molecule has 3 aromatic rings. The minimum atomic E-state index is -0.985. The average Bonchev–Trinajstić information content (AvgIpc) is 3.80. The third-order valence-electron chi connectivity index (χ3n) is 10.1. The van der Waals surface area contributed by atoms with Gasteiger partial charge >= 0.3 is 5.97 Å². The van der Waals surface area contributed by atoms with Crippen LogP contribution in [-0.2, 0) is 31.0 Å². The zero-order chi connectivity index (χ0) is 30.2. The van der Waals surface area contributed by atoms with E-state index < -0.39 is 5.97 Å². The number of aryl methyl sites for hydroxylation is 1. The summed E-state index contributed by atoms with van der Waals surface area (Å²) >= 11 is 0. The number of aromatic nitrogens is 4. The number of rotatable bonds is 14. The minimum Gasteiger partial charge on any atom is -0.482 e. The van der Waals surface area contributed by atoms with Gasteiger partial charge in [-0.1, -0.05) is 31.4 Å². The molecule has 1 aromatic carbocycles. The molecule has 0 unspecified atom stereocenters. The third-order valence-corrected chi connectivity index (χ3v) is 10.1. The smallest absolute Gasteiger partial charge is 0.341 e. The fourth-order valence-electron chi connectivity index (χ4n) is 7.70. The van der Waals surface area contributed by atoms with E-state index in [2.05, 4.69) is 35.4 Å². The first-order valence-electron chi connectivity index (χ1n) is 16.6. The lowest BCUT2D eigenvalue weighted by molar-refractivity contribution is -0.139. The Morgan fingerprint density at radius 2 is 1.86 bits per heavy atom. The molecule has 3 fully saturated rings. The Bertz CT molecular complexity index is 1310. The number of hydrogen-bond donors (Lipinski definition) is 2. The van der Waals surface area contributed by atoms with Crippen LogP contribution in [0.2, 0.25) is 0 Å². The fraction of sp³-hybridized carbons (Fsp3) is 0.618. The normalized spacial score (nSPS) is 19.7. The molecule has 2 aliphatic heterocycles. The van der Waals surface area contributed by atoms with Gasteiger partial charge in [0.25, 0.3) is 0 Å². The van der Waals surface area contributed by atoms with Gasteiger partial charge < -0.3 is 29.2 Å². The molecular formula is C34H49N7O3. The van der Waals surface area contributed by atoms with Gasteiger partial charge in [-0.15, -0.1) is 0 Å². The Hall–Kier alpha value is -3.21. The van der Waals surface area contributed by atoms with Gasteiger partial charge in [-0.05, 0) is 87.8 Å². The summed E-state index contributed by atoms with van der Waals surface area (Å²) in [6.07, 6.45) is 20.0. The van der Waals surface area contributed by atoms with Gasteiger partial charge in [0.05, 0.1) is 13.1 Å². The van der Waals surface area contributed by atoms with Crippen LogP contribution >= 0.6 is 0 Å². The number of benzene rings is 1. The van der Waals surface area contributed by atoms with E-state index in [1.165, 1.54) is 77.5 Å². The number of carboxylic acid groups (broad SMARTS) is 1. The molecule has 0 amide bonds. The number of aliphatic carboxylic acids is 1. The van der Waals surface area contributed by atoms with Crippen molar-refractivity contribution in [2.75, 3.05) is 39.3 Å². The van der Waals surface area contributed by atoms with E-state index in [0.29, 0.717) is 30.8 Å². The van der Waals surface area contributed by atoms with Crippen LogP contribution in [0.15, 0.2) is 49.1 Å². The lowest BCUT2D eigenvalue weighted by Gasteiger charge is -2.44. The number of H-pyrrole nitrogens is 1. The summed E-state index contributed by atoms with van der Waals surface area (Å²) in [6, 6.07) is 8.51. The summed E-state index contributed by atoms with van der Waals surface area (Å²) in [7, 11) is 0. The average molecular weight is 604 g/mol. The number of carbonyl (C=O) groups is 1. The maximum absolute atomic E-state index is 10.9. The van der Waals surface area contributed by atoms with Gasteiger partial charge in [0.2, 0.25) is 0 Å². The summed E-state index contributed by atoms with van der Waals surface area (Å²) < 4.78 is 7.72. The highest BCUT2D eigenvalue weighted by molar-refractivity contribution is 5.68. The monoisotopic (exact) mass is 603 g/mol. The molecule has 2 N–H and O–H groups in total. The van der Waals surface area contributed by atoms with Crippen molar-refractivity contribution in [2.24, 2.45) is 5.41 Å². The Kier molecular flexibility index (Phi) is 10.3. The van der Waals surface area contributed by atoms with Crippen LogP contribution in [0.4, 0.5) is 0 Å². The van der Waals surface area contributed by atoms with E-state index in [0.717, 1.165) is 42.8 Å². The van der Waals surface area contributed by atoms with E-state index in [-0.39, 0.29) is 6.61 Å². The summed E-state index contributed by atoms with van der Waals surface area (Å²) in [5, 5.41) is 8.98. The molecule has 0 bridgehead atoms. The first-order valence-corrected chi connectivity index (χ1v) is 16.6. The maximum Gasteiger partial charge on any atom is 0.341 e. The molecule has 3 aliphatic rings. The van der Waals surface area contributed by atoms with E-state index in [1.807, 2.05) is 30.6 Å². The zero-order valence-corrected chi connectivity index (χ0v) is 26.1. The topological polar surface area (TPSA) is 103 Å². The number of piperidine rings is 1. The van der Waals surface area contributed by atoms with Crippen LogP contribution in [0.25, 0.3) is 0 Å². The zero-order valence-electron chi connectivity index (χ0n) is 26.1. The van der Waals surface area contributed by atoms with E-state index in [1.54, 1.807) is 12.3 Å². The van der Waals surface area contributed by atoms with Crippen LogP contribution < -0.4 is 4.74 Å². The van der Waals surface area contributed by atoms with Crippen molar-refractivity contribution < 1.29 is 14.6 Å². The molecule has 44 heavy (non-hydrogen) atoms. The van der Waals surface area contributed by atoms with Gasteiger partial charge in [0.15, 0.2) is 6.61 Å². The van der Waals surface area contributed by atoms with Crippen molar-refractivity contribution in [2.45, 2.75) is 90.0 Å². The van der Waals surface area contributed by atoms with Gasteiger partial charge in [-0.25, -0.2) is 14.8 Å². The summed E-state index contributed by atoms with van der Waals surface area (Å²) in [5.41, 5.74) is 1.60. The van der Waals surface area contributed by atoms with Crippen molar-refractivity contribution in [3.05, 3.63) is 66.3 Å². The van der Waals surface area contributed by atoms with E-state index in [4.69, 9.17) is 14.8 Å². The first-order chi connectivity index (χ1) is 21.5. The molecule has 4 heterocycles. The number of aromatic amines is 1. The molecule has 238 valence electrons. The Morgan fingerprint density at radius 3 is 2.66 bits per heavy atom. The molecule has 0 radical (unpaired) electrons. The quantitative estimate of drug-likeness (QED) is 0.271. The number of likely N-dealkylation sites (tertiary alicyclic amines) is 2. The number of imidazole rings is 2. The van der Waals surface area contributed by atoms with Crippen LogP contribution in [0.5, 0.6) is 5.75 Å². The third kappa shape index (κ3) is 8.28. The highest BCUT2D eigenvalue weighted by atomic mass is 16.5. The highest BCUT2D eigenvalue weighted by Crippen LogP contribution is 2.41. The fourth-order valence-corrected chi connectivity index (χ4v) is 7.70. The lowest BCUT2D eigenvalue weighted by Crippen LogP contribution is -2.46. The number of nitrogens with one attached hydrogen (secondary N) is 1. The van der Waals surface area contributed by atoms with Gasteiger partial charge in [0.1, 0.15) is 17.4 Å². The molecule has 1 saturated carbocycles. The molecule has 1 aliphatic carbocycles. The predicted octanol–water partition coefficient (Wildman–Crippen LogP) is 4.78. The molecule has 1 spiro atoms. The molecule has 2 aromatic heterocycles. The summed E-state index contributed by atoms with van der Waals surface area (Å²) in [6.45, 7) is 8.87. The molecular weight excluding hydrogens is 554 g/mol. The van der Waals surface area contributed by atoms with E-state index >= 15 is 0 Å². The van der Waals surface area contributed by atoms with Crippen LogP contribution in [0.1, 0.15) is 75.0 Å². The molecule has 6 rings (SSSR count). The number of hydrogen-bond acceptors (Lipinski definition) is 7. The van der Waals surface area contributed by atoms with Crippen molar-refractivity contribution in [1.82, 2.24) is 34.2 Å². The molecule has 10 nitrogen and oxygen atoms in total. The minimum absolute atomic E-state index is 0.353. The Labute approximate surface area is 261 Å². The molecule has 0 atom stereocenters. The Balaban J connectivity index is 1.00. The van der Waals surface area contributed by atoms with Gasteiger partial charge in [0, 0.05) is 50.5 Å². The van der Waals surface area contributed by atoms with Crippen molar-refractivity contribution in [1.29, 1.82) is 0 Å². The largest absolute Gasteiger partial charge is 0.482 e. The number of ether oxygens (including phenoxy) is 1.